The Morgan fingerprint density at radius 2 is 0.926 bits per heavy atom. The molecule has 0 aliphatic heterocycles. The Morgan fingerprint density at radius 1 is 0.556 bits per heavy atom. The lowest BCUT2D eigenvalue weighted by Gasteiger charge is -2.00. The van der Waals surface area contributed by atoms with Crippen molar-refractivity contribution in [3.63, 3.8) is 0 Å². The van der Waals surface area contributed by atoms with Gasteiger partial charge in [-0.25, -0.2) is 0 Å². The summed E-state index contributed by atoms with van der Waals surface area (Å²) in [6, 6.07) is 0. The summed E-state index contributed by atoms with van der Waals surface area (Å²) in [7, 11) is 2.89. The fourth-order valence-corrected chi connectivity index (χ4v) is 2.83. The van der Waals surface area contributed by atoms with Crippen molar-refractivity contribution in [3.05, 3.63) is 24.3 Å². The molecule has 0 saturated carbocycles. The summed E-state index contributed by atoms with van der Waals surface area (Å²) >= 11 is 0. The minimum atomic E-state index is -0.0957. The van der Waals surface area contributed by atoms with E-state index in [1.54, 1.807) is 0 Å². The number of rotatable bonds is 18. The Hall–Kier alpha value is -1.58. The molecule has 0 rings (SSSR count). The first-order chi connectivity index (χ1) is 13.2. The number of hydrogen-bond acceptors (Lipinski definition) is 4. The Labute approximate surface area is 166 Å². The molecule has 27 heavy (non-hydrogen) atoms. The van der Waals surface area contributed by atoms with Crippen LogP contribution in [0.1, 0.15) is 96.3 Å². The second-order valence-electron chi connectivity index (χ2n) is 6.94. The van der Waals surface area contributed by atoms with E-state index in [0.717, 1.165) is 44.9 Å². The second kappa shape index (κ2) is 20.7. The zero-order valence-corrected chi connectivity index (χ0v) is 17.5. The maximum absolute atomic E-state index is 11.0. The quantitative estimate of drug-likeness (QED) is 0.159. The SMILES string of the molecule is COC(=O)CCCCCCC/C=C/C/C=C/CCCCCCCC(=O)OC. The molecule has 0 radical (unpaired) electrons. The summed E-state index contributed by atoms with van der Waals surface area (Å²) < 4.78 is 9.25. The van der Waals surface area contributed by atoms with Crippen LogP contribution in [0.3, 0.4) is 0 Å². The van der Waals surface area contributed by atoms with Crippen LogP contribution < -0.4 is 0 Å². The first-order valence-electron chi connectivity index (χ1n) is 10.6. The van der Waals surface area contributed by atoms with Crippen LogP contribution in [0.4, 0.5) is 0 Å². The van der Waals surface area contributed by atoms with Gasteiger partial charge in [-0.05, 0) is 44.9 Å². The van der Waals surface area contributed by atoms with Crippen LogP contribution in [0.5, 0.6) is 0 Å². The van der Waals surface area contributed by atoms with Crippen LogP contribution in [0.2, 0.25) is 0 Å². The molecule has 0 unspecified atom stereocenters. The van der Waals surface area contributed by atoms with E-state index < -0.39 is 0 Å². The summed E-state index contributed by atoms with van der Waals surface area (Å²) in [5.41, 5.74) is 0. The van der Waals surface area contributed by atoms with E-state index in [2.05, 4.69) is 33.8 Å². The third-order valence-corrected chi connectivity index (χ3v) is 4.56. The molecule has 0 fully saturated rings. The van der Waals surface area contributed by atoms with Crippen molar-refractivity contribution in [3.8, 4) is 0 Å². The molecule has 0 atom stereocenters. The molecular weight excluding hydrogens is 340 g/mol. The third kappa shape index (κ3) is 20.6. The predicted molar refractivity (Wildman–Crippen MR) is 112 cm³/mol. The van der Waals surface area contributed by atoms with Gasteiger partial charge < -0.3 is 9.47 Å². The van der Waals surface area contributed by atoms with E-state index in [1.807, 2.05) is 0 Å². The van der Waals surface area contributed by atoms with Gasteiger partial charge in [0.2, 0.25) is 0 Å². The summed E-state index contributed by atoms with van der Waals surface area (Å²) in [6.07, 6.45) is 25.0. The topological polar surface area (TPSA) is 52.6 Å². The lowest BCUT2D eigenvalue weighted by atomic mass is 10.1. The molecule has 0 aliphatic carbocycles. The standard InChI is InChI=1S/C23H40O4/c1-26-22(24)20-18-16-14-12-10-8-6-4-3-5-7-9-11-13-15-17-19-21-23(25)27-2/h4-7H,3,8-21H2,1-2H3/b6-4+,7-5+. The molecule has 156 valence electrons. The molecule has 0 saturated heterocycles. The summed E-state index contributed by atoms with van der Waals surface area (Å²) in [5.74, 6) is -0.191. The highest BCUT2D eigenvalue weighted by atomic mass is 16.5. The molecule has 0 N–H and O–H groups in total. The minimum absolute atomic E-state index is 0.0957. The molecular formula is C23H40O4. The highest BCUT2D eigenvalue weighted by molar-refractivity contribution is 5.69. The maximum Gasteiger partial charge on any atom is 0.305 e. The summed E-state index contributed by atoms with van der Waals surface area (Å²) in [5, 5.41) is 0. The van der Waals surface area contributed by atoms with Crippen molar-refractivity contribution in [2.45, 2.75) is 96.3 Å². The van der Waals surface area contributed by atoms with Gasteiger partial charge in [-0.15, -0.1) is 0 Å². The first-order valence-corrected chi connectivity index (χ1v) is 10.6. The molecule has 4 heteroatoms. The van der Waals surface area contributed by atoms with Gasteiger partial charge in [-0.2, -0.15) is 0 Å². The average molecular weight is 381 g/mol. The Bertz CT molecular complexity index is 375. The molecule has 0 aromatic rings. The molecule has 4 nitrogen and oxygen atoms in total. The Morgan fingerprint density at radius 3 is 1.33 bits per heavy atom. The summed E-state index contributed by atoms with van der Waals surface area (Å²) in [4.78, 5) is 21.9. The monoisotopic (exact) mass is 380 g/mol. The van der Waals surface area contributed by atoms with Crippen molar-refractivity contribution in [1.29, 1.82) is 0 Å². The van der Waals surface area contributed by atoms with Gasteiger partial charge in [0.25, 0.3) is 0 Å². The van der Waals surface area contributed by atoms with Crippen LogP contribution in [-0.4, -0.2) is 26.2 Å². The smallest absolute Gasteiger partial charge is 0.305 e. The van der Waals surface area contributed by atoms with Gasteiger partial charge in [0.15, 0.2) is 0 Å². The second-order valence-corrected chi connectivity index (χ2v) is 6.94. The zero-order valence-electron chi connectivity index (χ0n) is 17.5. The maximum atomic E-state index is 11.0. The van der Waals surface area contributed by atoms with Crippen LogP contribution in [0, 0.1) is 0 Å². The number of carbonyl (C=O) groups excluding carboxylic acids is 2. The van der Waals surface area contributed by atoms with Crippen LogP contribution >= 0.6 is 0 Å². The number of ether oxygens (including phenoxy) is 2. The highest BCUT2D eigenvalue weighted by Crippen LogP contribution is 2.09. The highest BCUT2D eigenvalue weighted by Gasteiger charge is 1.99. The van der Waals surface area contributed by atoms with Crippen molar-refractivity contribution in [2.24, 2.45) is 0 Å². The average Bonchev–Trinajstić information content (AvgIpc) is 2.69. The van der Waals surface area contributed by atoms with Gasteiger partial charge >= 0.3 is 11.9 Å². The Balaban J connectivity index is 3.25. The fourth-order valence-electron chi connectivity index (χ4n) is 2.83. The summed E-state index contributed by atoms with van der Waals surface area (Å²) in [6.45, 7) is 0. The molecule has 0 bridgehead atoms. The number of allylic oxidation sites excluding steroid dienone is 4. The number of hydrogen-bond donors (Lipinski definition) is 0. The van der Waals surface area contributed by atoms with E-state index >= 15 is 0 Å². The van der Waals surface area contributed by atoms with E-state index in [1.165, 1.54) is 52.7 Å². The van der Waals surface area contributed by atoms with Gasteiger partial charge in [0.05, 0.1) is 14.2 Å². The van der Waals surface area contributed by atoms with E-state index in [9.17, 15) is 9.59 Å². The predicted octanol–water partition coefficient (Wildman–Crippen LogP) is 6.30. The van der Waals surface area contributed by atoms with Crippen molar-refractivity contribution in [1.82, 2.24) is 0 Å². The first kappa shape index (κ1) is 25.4. The number of esters is 2. The van der Waals surface area contributed by atoms with Crippen molar-refractivity contribution < 1.29 is 19.1 Å². The van der Waals surface area contributed by atoms with Crippen LogP contribution in [0.15, 0.2) is 24.3 Å². The number of methoxy groups -OCH3 is 2. The van der Waals surface area contributed by atoms with Crippen molar-refractivity contribution in [2.75, 3.05) is 14.2 Å². The molecule has 0 amide bonds. The fraction of sp³-hybridized carbons (Fsp3) is 0.739. The van der Waals surface area contributed by atoms with Gasteiger partial charge in [-0.3, -0.25) is 9.59 Å². The van der Waals surface area contributed by atoms with Crippen LogP contribution in [-0.2, 0) is 19.1 Å². The lowest BCUT2D eigenvalue weighted by Crippen LogP contribution is -1.99. The molecule has 0 heterocycles. The normalized spacial score (nSPS) is 11.3. The molecule has 0 aromatic heterocycles. The lowest BCUT2D eigenvalue weighted by molar-refractivity contribution is -0.141. The van der Waals surface area contributed by atoms with Gasteiger partial charge in [0.1, 0.15) is 0 Å². The molecule has 0 aliphatic rings. The Kier molecular flexibility index (Phi) is 19.5. The van der Waals surface area contributed by atoms with E-state index in [-0.39, 0.29) is 11.9 Å². The van der Waals surface area contributed by atoms with E-state index in [4.69, 9.17) is 0 Å². The molecule has 0 spiro atoms. The number of unbranched alkanes of at least 4 members (excludes halogenated alkanes) is 10. The molecule has 0 aromatic carbocycles. The zero-order chi connectivity index (χ0) is 20.0. The number of carbonyl (C=O) groups is 2. The largest absolute Gasteiger partial charge is 0.469 e. The van der Waals surface area contributed by atoms with Gasteiger partial charge in [0, 0.05) is 12.8 Å². The van der Waals surface area contributed by atoms with Crippen molar-refractivity contribution >= 4 is 11.9 Å². The van der Waals surface area contributed by atoms with E-state index in [0.29, 0.717) is 12.8 Å². The van der Waals surface area contributed by atoms with Gasteiger partial charge in [-0.1, -0.05) is 62.8 Å². The minimum Gasteiger partial charge on any atom is -0.469 e. The van der Waals surface area contributed by atoms with Crippen LogP contribution in [0.25, 0.3) is 0 Å². The third-order valence-electron chi connectivity index (χ3n) is 4.56.